The van der Waals surface area contributed by atoms with Crippen LogP contribution < -0.4 is 0 Å². The van der Waals surface area contributed by atoms with Crippen molar-refractivity contribution in [1.82, 2.24) is 0 Å². The van der Waals surface area contributed by atoms with Crippen LogP contribution in [0.5, 0.6) is 0 Å². The van der Waals surface area contributed by atoms with Crippen molar-refractivity contribution in [3.05, 3.63) is 6.08 Å². The molecule has 0 atom stereocenters. The Morgan fingerprint density at radius 3 is 2.89 bits per heavy atom. The van der Waals surface area contributed by atoms with E-state index in [9.17, 15) is 4.79 Å². The monoisotopic (exact) mass is 125 g/mol. The maximum Gasteiger partial charge on any atom is 0.253 e. The topological polar surface area (TPSA) is 29.4 Å². The molecule has 1 amide bonds. The molecule has 0 heterocycles. The Kier molecular flexibility index (Phi) is 4.75. The van der Waals surface area contributed by atoms with Crippen molar-refractivity contribution in [3.8, 4) is 0 Å². The fraction of sp³-hybridized carbons (Fsp3) is 0.571. The quantitative estimate of drug-likeness (QED) is 0.515. The number of rotatable bonds is 2. The van der Waals surface area contributed by atoms with Gasteiger partial charge in [0.2, 0.25) is 0 Å². The van der Waals surface area contributed by atoms with E-state index in [0.29, 0.717) is 6.42 Å². The zero-order valence-corrected chi connectivity index (χ0v) is 5.85. The van der Waals surface area contributed by atoms with Crippen molar-refractivity contribution in [1.29, 1.82) is 0 Å². The minimum atomic E-state index is -0.0874. The zero-order chi connectivity index (χ0) is 7.11. The van der Waals surface area contributed by atoms with Gasteiger partial charge in [0.15, 0.2) is 0 Å². The Labute approximate surface area is 55.3 Å². The van der Waals surface area contributed by atoms with Crippen molar-refractivity contribution in [3.63, 3.8) is 0 Å². The first kappa shape index (κ1) is 8.12. The third-order valence-corrected chi connectivity index (χ3v) is 0.782. The van der Waals surface area contributed by atoms with E-state index >= 15 is 0 Å². The van der Waals surface area contributed by atoms with Crippen LogP contribution in [0.25, 0.3) is 0 Å². The zero-order valence-electron chi connectivity index (χ0n) is 5.85. The summed E-state index contributed by atoms with van der Waals surface area (Å²) in [4.78, 5) is 14.0. The summed E-state index contributed by atoms with van der Waals surface area (Å²) < 4.78 is 0. The van der Waals surface area contributed by atoms with Gasteiger partial charge in [0.05, 0.1) is 0 Å². The summed E-state index contributed by atoms with van der Waals surface area (Å²) in [6, 6.07) is 0. The van der Waals surface area contributed by atoms with Crippen LogP contribution in [-0.2, 0) is 4.79 Å². The fourth-order valence-corrected chi connectivity index (χ4v) is 0.406. The lowest BCUT2D eigenvalue weighted by Gasteiger charge is -1.82. The van der Waals surface area contributed by atoms with Crippen molar-refractivity contribution >= 4 is 11.8 Å². The van der Waals surface area contributed by atoms with Crippen molar-refractivity contribution < 1.29 is 4.79 Å². The Morgan fingerprint density at radius 2 is 2.44 bits per heavy atom. The van der Waals surface area contributed by atoms with Crippen LogP contribution in [0, 0.1) is 0 Å². The predicted octanol–water partition coefficient (Wildman–Crippen LogP) is 1.56. The summed E-state index contributed by atoms with van der Waals surface area (Å²) in [7, 11) is 0. The standard InChI is InChI=1S/C7H11NO/c1-3-5-7(9)8-6-4-2/h4H,3,5H2,1-2H3. The van der Waals surface area contributed by atoms with Gasteiger partial charge in [-0.05, 0) is 25.3 Å². The van der Waals surface area contributed by atoms with Gasteiger partial charge in [0, 0.05) is 6.42 Å². The van der Waals surface area contributed by atoms with E-state index in [1.54, 1.807) is 13.0 Å². The predicted molar refractivity (Wildman–Crippen MR) is 37.6 cm³/mol. The molecule has 9 heavy (non-hydrogen) atoms. The van der Waals surface area contributed by atoms with Crippen LogP contribution in [0.15, 0.2) is 11.1 Å². The molecule has 0 rings (SSSR count). The second-order valence-corrected chi connectivity index (χ2v) is 1.67. The van der Waals surface area contributed by atoms with E-state index in [-0.39, 0.29) is 5.91 Å². The molecule has 0 spiro atoms. The molecule has 0 aliphatic heterocycles. The maximum atomic E-state index is 10.6. The number of amides is 1. The molecule has 2 heteroatoms. The molecule has 0 radical (unpaired) electrons. The molecule has 0 aliphatic rings. The van der Waals surface area contributed by atoms with Gasteiger partial charge in [0.1, 0.15) is 0 Å². The third-order valence-electron chi connectivity index (χ3n) is 0.782. The lowest BCUT2D eigenvalue weighted by Crippen LogP contribution is -1.89. The number of hydrogen-bond acceptors (Lipinski definition) is 1. The lowest BCUT2D eigenvalue weighted by molar-refractivity contribution is -0.117. The molecule has 0 saturated carbocycles. The maximum absolute atomic E-state index is 10.6. The largest absolute Gasteiger partial charge is 0.272 e. The molecule has 0 bridgehead atoms. The Morgan fingerprint density at radius 1 is 1.78 bits per heavy atom. The van der Waals surface area contributed by atoms with Crippen LogP contribution in [0.2, 0.25) is 0 Å². The number of allylic oxidation sites excluding steroid dienone is 1. The average Bonchev–Trinajstić information content (AvgIpc) is 1.85. The second-order valence-electron chi connectivity index (χ2n) is 1.67. The van der Waals surface area contributed by atoms with Crippen LogP contribution in [0.4, 0.5) is 0 Å². The van der Waals surface area contributed by atoms with E-state index < -0.39 is 0 Å². The first-order valence-electron chi connectivity index (χ1n) is 3.08. The number of nitrogens with zero attached hydrogens (tertiary/aromatic N) is 1. The first-order valence-corrected chi connectivity index (χ1v) is 3.08. The van der Waals surface area contributed by atoms with Gasteiger partial charge in [-0.25, -0.2) is 0 Å². The molecule has 0 aromatic carbocycles. The summed E-state index contributed by atoms with van der Waals surface area (Å²) in [5, 5.41) is 0. The molecular formula is C7H11NO. The molecule has 0 aliphatic carbocycles. The van der Waals surface area contributed by atoms with Crippen molar-refractivity contribution in [2.75, 3.05) is 0 Å². The number of aliphatic imine (C=N–C) groups is 1. The number of carbonyl (C=O) groups is 1. The SMILES string of the molecule is CC=C=NC(=O)CCC. The lowest BCUT2D eigenvalue weighted by atomic mass is 10.3. The molecule has 0 aromatic heterocycles. The minimum Gasteiger partial charge on any atom is -0.272 e. The van der Waals surface area contributed by atoms with E-state index in [1.807, 2.05) is 6.92 Å². The van der Waals surface area contributed by atoms with Crippen molar-refractivity contribution in [2.45, 2.75) is 26.7 Å². The van der Waals surface area contributed by atoms with Crippen molar-refractivity contribution in [2.24, 2.45) is 4.99 Å². The fourth-order valence-electron chi connectivity index (χ4n) is 0.406. The summed E-state index contributed by atoms with van der Waals surface area (Å²) in [6.45, 7) is 3.73. The molecule has 0 saturated heterocycles. The van der Waals surface area contributed by atoms with Crippen LogP contribution in [0.1, 0.15) is 26.7 Å². The summed E-state index contributed by atoms with van der Waals surface area (Å²) >= 11 is 0. The smallest absolute Gasteiger partial charge is 0.253 e. The molecule has 0 N–H and O–H groups in total. The van der Waals surface area contributed by atoms with E-state index in [1.165, 1.54) is 0 Å². The summed E-state index contributed by atoms with van der Waals surface area (Å²) in [6.07, 6.45) is 3.00. The highest BCUT2D eigenvalue weighted by molar-refractivity contribution is 5.83. The van der Waals surface area contributed by atoms with Gasteiger partial charge in [-0.2, -0.15) is 4.99 Å². The highest BCUT2D eigenvalue weighted by atomic mass is 16.1. The molecule has 0 unspecified atom stereocenters. The Hall–Kier alpha value is -0.880. The Bertz CT molecular complexity index is 143. The van der Waals surface area contributed by atoms with Gasteiger partial charge in [-0.15, -0.1) is 0 Å². The van der Waals surface area contributed by atoms with E-state index in [2.05, 4.69) is 10.9 Å². The molecule has 50 valence electrons. The second kappa shape index (κ2) is 5.26. The van der Waals surface area contributed by atoms with Gasteiger partial charge in [-0.3, -0.25) is 4.79 Å². The van der Waals surface area contributed by atoms with Crippen LogP contribution >= 0.6 is 0 Å². The first-order chi connectivity index (χ1) is 4.31. The normalized spacial score (nSPS) is 7.78. The summed E-state index contributed by atoms with van der Waals surface area (Å²) in [5.74, 6) is 2.40. The molecule has 2 nitrogen and oxygen atoms in total. The van der Waals surface area contributed by atoms with E-state index in [0.717, 1.165) is 6.42 Å². The van der Waals surface area contributed by atoms with Crippen LogP contribution in [-0.4, -0.2) is 11.8 Å². The minimum absolute atomic E-state index is 0.0874. The highest BCUT2D eigenvalue weighted by Gasteiger charge is 1.91. The highest BCUT2D eigenvalue weighted by Crippen LogP contribution is 1.87. The van der Waals surface area contributed by atoms with E-state index in [4.69, 9.17) is 0 Å². The number of hydrogen-bond donors (Lipinski definition) is 0. The molecule has 0 aromatic rings. The third kappa shape index (κ3) is 4.98. The van der Waals surface area contributed by atoms with Gasteiger partial charge >= 0.3 is 0 Å². The number of carbonyl (C=O) groups excluding carboxylic acids is 1. The van der Waals surface area contributed by atoms with Gasteiger partial charge < -0.3 is 0 Å². The van der Waals surface area contributed by atoms with Crippen LogP contribution in [0.3, 0.4) is 0 Å². The molecular weight excluding hydrogens is 114 g/mol. The molecule has 0 fully saturated rings. The average molecular weight is 125 g/mol. The Balaban J connectivity index is 3.63. The summed E-state index contributed by atoms with van der Waals surface area (Å²) in [5.41, 5.74) is 0. The van der Waals surface area contributed by atoms with Gasteiger partial charge in [-0.1, -0.05) is 6.92 Å². The van der Waals surface area contributed by atoms with Gasteiger partial charge in [0.25, 0.3) is 5.91 Å².